The van der Waals surface area contributed by atoms with Crippen molar-refractivity contribution in [2.75, 3.05) is 13.1 Å². The lowest BCUT2D eigenvalue weighted by molar-refractivity contribution is -0.127. The minimum atomic E-state index is 0.0808. The highest BCUT2D eigenvalue weighted by molar-refractivity contribution is 5.80. The highest BCUT2D eigenvalue weighted by Crippen LogP contribution is 2.18. The molecule has 1 aromatic carbocycles. The normalized spacial score (nSPS) is 18.4. The molecule has 1 aromatic heterocycles. The molecule has 0 bridgehead atoms. The molecule has 1 atom stereocenters. The number of pyridine rings is 1. The lowest BCUT2D eigenvalue weighted by Gasteiger charge is -2.15. The number of hydrogen-bond acceptors (Lipinski definition) is 2. The summed E-state index contributed by atoms with van der Waals surface area (Å²) >= 11 is 0. The van der Waals surface area contributed by atoms with Crippen LogP contribution in [0.5, 0.6) is 0 Å². The Morgan fingerprint density at radius 1 is 1.40 bits per heavy atom. The molecule has 100 valence electrons. The highest BCUT2D eigenvalue weighted by atomic mass is 16.2. The van der Waals surface area contributed by atoms with Crippen molar-refractivity contribution in [2.45, 2.75) is 12.8 Å². The first-order valence-electron chi connectivity index (χ1n) is 6.84. The summed E-state index contributed by atoms with van der Waals surface area (Å²) < 4.78 is 0. The quantitative estimate of drug-likeness (QED) is 0.797. The zero-order valence-electron chi connectivity index (χ0n) is 11.2. The van der Waals surface area contributed by atoms with E-state index in [0.29, 0.717) is 13.0 Å². The minimum Gasteiger partial charge on any atom is -0.341 e. The molecule has 1 saturated heterocycles. The fourth-order valence-corrected chi connectivity index (χ4v) is 2.62. The third-order valence-corrected chi connectivity index (χ3v) is 3.77. The van der Waals surface area contributed by atoms with Crippen LogP contribution in [0.1, 0.15) is 12.0 Å². The Bertz CT molecular complexity index is 687. The highest BCUT2D eigenvalue weighted by Gasteiger charge is 2.27. The molecule has 20 heavy (non-hydrogen) atoms. The molecule has 1 aliphatic heterocycles. The van der Waals surface area contributed by atoms with Crippen molar-refractivity contribution < 1.29 is 4.79 Å². The Labute approximate surface area is 118 Å². The molecular weight excluding hydrogens is 248 g/mol. The van der Waals surface area contributed by atoms with E-state index in [4.69, 9.17) is 6.42 Å². The van der Waals surface area contributed by atoms with Gasteiger partial charge in [0.15, 0.2) is 0 Å². The minimum absolute atomic E-state index is 0.0808. The van der Waals surface area contributed by atoms with Gasteiger partial charge >= 0.3 is 0 Å². The van der Waals surface area contributed by atoms with Gasteiger partial charge in [0.2, 0.25) is 5.91 Å². The van der Waals surface area contributed by atoms with Crippen molar-refractivity contribution >= 4 is 16.8 Å². The van der Waals surface area contributed by atoms with Crippen molar-refractivity contribution in [3.63, 3.8) is 0 Å². The molecule has 0 radical (unpaired) electrons. The number of carbonyl (C=O) groups excluding carboxylic acids is 1. The van der Waals surface area contributed by atoms with E-state index in [-0.39, 0.29) is 11.8 Å². The number of benzene rings is 1. The van der Waals surface area contributed by atoms with E-state index >= 15 is 0 Å². The largest absolute Gasteiger partial charge is 0.341 e. The summed E-state index contributed by atoms with van der Waals surface area (Å²) in [6.45, 7) is 1.41. The van der Waals surface area contributed by atoms with E-state index in [2.05, 4.69) is 23.0 Å². The predicted molar refractivity (Wildman–Crippen MR) is 79.0 cm³/mol. The van der Waals surface area contributed by atoms with E-state index in [9.17, 15) is 4.79 Å². The number of amides is 1. The lowest BCUT2D eigenvalue weighted by Crippen LogP contribution is -2.27. The van der Waals surface area contributed by atoms with Gasteiger partial charge < -0.3 is 4.90 Å². The number of terminal acetylenes is 1. The molecule has 0 spiro atoms. The van der Waals surface area contributed by atoms with Crippen molar-refractivity contribution in [2.24, 2.45) is 5.92 Å². The van der Waals surface area contributed by atoms with E-state index in [1.165, 1.54) is 0 Å². The van der Waals surface area contributed by atoms with Crippen LogP contribution in [0.4, 0.5) is 0 Å². The lowest BCUT2D eigenvalue weighted by atomic mass is 10.1. The second-order valence-electron chi connectivity index (χ2n) is 5.19. The number of nitrogens with zero attached hydrogens (tertiary/aromatic N) is 2. The van der Waals surface area contributed by atoms with E-state index in [0.717, 1.165) is 29.4 Å². The van der Waals surface area contributed by atoms with Crippen LogP contribution in [0.3, 0.4) is 0 Å². The summed E-state index contributed by atoms with van der Waals surface area (Å²) in [6, 6.07) is 10.2. The average Bonchev–Trinajstić information content (AvgIpc) is 2.85. The van der Waals surface area contributed by atoms with Crippen LogP contribution in [-0.2, 0) is 11.2 Å². The Kier molecular flexibility index (Phi) is 3.39. The van der Waals surface area contributed by atoms with Gasteiger partial charge in [-0.1, -0.05) is 18.2 Å². The van der Waals surface area contributed by atoms with Crippen molar-refractivity contribution in [1.29, 1.82) is 0 Å². The van der Waals surface area contributed by atoms with Gasteiger partial charge in [-0.25, -0.2) is 0 Å². The van der Waals surface area contributed by atoms with Crippen LogP contribution in [0.25, 0.3) is 10.9 Å². The Hall–Kier alpha value is -2.34. The van der Waals surface area contributed by atoms with Crippen molar-refractivity contribution in [3.8, 4) is 12.3 Å². The number of hydrogen-bond donors (Lipinski definition) is 0. The maximum absolute atomic E-state index is 11.8. The second-order valence-corrected chi connectivity index (χ2v) is 5.19. The summed E-state index contributed by atoms with van der Waals surface area (Å²) in [5, 5.41) is 1.14. The third kappa shape index (κ3) is 2.50. The third-order valence-electron chi connectivity index (χ3n) is 3.77. The summed E-state index contributed by atoms with van der Waals surface area (Å²) in [5.41, 5.74) is 2.15. The topological polar surface area (TPSA) is 33.2 Å². The van der Waals surface area contributed by atoms with Crippen LogP contribution in [0.2, 0.25) is 0 Å². The molecule has 3 heteroatoms. The molecule has 1 amide bonds. The van der Waals surface area contributed by atoms with Crippen molar-refractivity contribution in [3.05, 3.63) is 42.1 Å². The standard InChI is InChI=1S/C17H16N2O/c1-2-13-10-17(20)19(12-13)8-7-14-9-15-5-3-4-6-16(15)18-11-14/h1,3-6,9,11,13H,7-8,10,12H2. The Morgan fingerprint density at radius 3 is 3.05 bits per heavy atom. The van der Waals surface area contributed by atoms with Gasteiger partial charge in [0.25, 0.3) is 0 Å². The van der Waals surface area contributed by atoms with Crippen LogP contribution >= 0.6 is 0 Å². The molecule has 1 aliphatic rings. The summed E-state index contributed by atoms with van der Waals surface area (Å²) in [6.07, 6.45) is 8.59. The molecule has 3 nitrogen and oxygen atoms in total. The fourth-order valence-electron chi connectivity index (χ4n) is 2.62. The summed E-state index contributed by atoms with van der Waals surface area (Å²) in [4.78, 5) is 18.1. The van der Waals surface area contributed by atoms with Gasteiger partial charge in [-0.2, -0.15) is 0 Å². The Balaban J connectivity index is 1.68. The maximum atomic E-state index is 11.8. The molecule has 0 aliphatic carbocycles. The van der Waals surface area contributed by atoms with E-state index < -0.39 is 0 Å². The first-order valence-corrected chi connectivity index (χ1v) is 6.84. The molecule has 0 N–H and O–H groups in total. The fraction of sp³-hybridized carbons (Fsp3) is 0.294. The summed E-state index contributed by atoms with van der Waals surface area (Å²) in [5.74, 6) is 2.92. The smallest absolute Gasteiger partial charge is 0.223 e. The first-order chi connectivity index (χ1) is 9.76. The van der Waals surface area contributed by atoms with Gasteiger partial charge in [0.1, 0.15) is 0 Å². The average molecular weight is 264 g/mol. The first kappa shape index (κ1) is 12.7. The second kappa shape index (κ2) is 5.34. The molecule has 2 heterocycles. The summed E-state index contributed by atoms with van der Waals surface area (Å²) in [7, 11) is 0. The van der Waals surface area contributed by atoms with Crippen LogP contribution in [0, 0.1) is 18.3 Å². The number of likely N-dealkylation sites (tertiary alicyclic amines) is 1. The number of carbonyl (C=O) groups is 1. The van der Waals surface area contributed by atoms with E-state index in [1.54, 1.807) is 0 Å². The van der Waals surface area contributed by atoms with Gasteiger partial charge in [-0.05, 0) is 24.1 Å². The van der Waals surface area contributed by atoms with Gasteiger partial charge in [0.05, 0.1) is 5.52 Å². The SMILES string of the molecule is C#CC1CC(=O)N(CCc2cnc3ccccc3c2)C1. The molecular formula is C17H16N2O. The molecule has 1 unspecified atom stereocenters. The zero-order chi connectivity index (χ0) is 13.9. The molecule has 2 aromatic rings. The molecule has 1 fully saturated rings. The molecule has 0 saturated carbocycles. The van der Waals surface area contributed by atoms with Crippen molar-refractivity contribution in [1.82, 2.24) is 9.88 Å². The maximum Gasteiger partial charge on any atom is 0.223 e. The van der Waals surface area contributed by atoms with Crippen LogP contribution in [0.15, 0.2) is 36.5 Å². The Morgan fingerprint density at radius 2 is 2.25 bits per heavy atom. The van der Waals surface area contributed by atoms with Crippen LogP contribution in [-0.4, -0.2) is 28.9 Å². The number of para-hydroxylation sites is 1. The van der Waals surface area contributed by atoms with Gasteiger partial charge in [0, 0.05) is 37.0 Å². The number of aromatic nitrogens is 1. The number of fused-ring (bicyclic) bond motifs is 1. The number of rotatable bonds is 3. The van der Waals surface area contributed by atoms with Gasteiger partial charge in [-0.15, -0.1) is 12.3 Å². The van der Waals surface area contributed by atoms with Gasteiger partial charge in [-0.3, -0.25) is 9.78 Å². The monoisotopic (exact) mass is 264 g/mol. The zero-order valence-corrected chi connectivity index (χ0v) is 11.2. The van der Waals surface area contributed by atoms with E-state index in [1.807, 2.05) is 29.3 Å². The molecule has 3 rings (SSSR count). The van der Waals surface area contributed by atoms with Crippen LogP contribution < -0.4 is 0 Å². The predicted octanol–water partition coefficient (Wildman–Crippen LogP) is 2.26.